The lowest BCUT2D eigenvalue weighted by atomic mass is 9.81. The fourth-order valence-corrected chi connectivity index (χ4v) is 2.74. The van der Waals surface area contributed by atoms with E-state index in [9.17, 15) is 0 Å². The number of hydrogen-bond donors (Lipinski definition) is 1. The van der Waals surface area contributed by atoms with E-state index in [1.54, 1.807) is 7.11 Å². The van der Waals surface area contributed by atoms with Crippen LogP contribution in [-0.2, 0) is 0 Å². The van der Waals surface area contributed by atoms with E-state index in [2.05, 4.69) is 46.0 Å². The van der Waals surface area contributed by atoms with Crippen LogP contribution in [0, 0.1) is 26.7 Å². The van der Waals surface area contributed by atoms with Gasteiger partial charge in [0.15, 0.2) is 0 Å². The molecule has 1 aromatic carbocycles. The number of rotatable bonds is 5. The zero-order valence-corrected chi connectivity index (χ0v) is 12.8. The number of nitrogens with one attached hydrogen (secondary N) is 1. The molecule has 1 unspecified atom stereocenters. The molecule has 18 heavy (non-hydrogen) atoms. The van der Waals surface area contributed by atoms with Crippen LogP contribution in [0.1, 0.15) is 42.0 Å². The van der Waals surface area contributed by atoms with Crippen LogP contribution in [0.5, 0.6) is 5.75 Å². The minimum absolute atomic E-state index is 0.555. The van der Waals surface area contributed by atoms with E-state index in [1.165, 1.54) is 22.3 Å². The van der Waals surface area contributed by atoms with Crippen molar-refractivity contribution < 1.29 is 4.74 Å². The molecule has 1 atom stereocenters. The van der Waals surface area contributed by atoms with Crippen molar-refractivity contribution in [1.29, 1.82) is 0 Å². The summed E-state index contributed by atoms with van der Waals surface area (Å²) in [4.78, 5) is 0. The molecule has 0 radical (unpaired) electrons. The number of ether oxygens (including phenoxy) is 1. The van der Waals surface area contributed by atoms with Gasteiger partial charge >= 0.3 is 0 Å². The van der Waals surface area contributed by atoms with Gasteiger partial charge in [-0.15, -0.1) is 0 Å². The summed E-state index contributed by atoms with van der Waals surface area (Å²) in [6, 6.07) is 2.17. The molecular formula is C16H27NO. The molecule has 0 spiro atoms. The van der Waals surface area contributed by atoms with E-state index in [-0.39, 0.29) is 0 Å². The summed E-state index contributed by atoms with van der Waals surface area (Å²) in [5.41, 5.74) is 5.46. The Morgan fingerprint density at radius 1 is 1.17 bits per heavy atom. The largest absolute Gasteiger partial charge is 0.496 e. The first-order chi connectivity index (χ1) is 8.43. The maximum Gasteiger partial charge on any atom is 0.122 e. The summed E-state index contributed by atoms with van der Waals surface area (Å²) in [5.74, 6) is 2.18. The summed E-state index contributed by atoms with van der Waals surface area (Å²) in [5, 5.41) is 3.32. The van der Waals surface area contributed by atoms with Gasteiger partial charge in [-0.05, 0) is 68.0 Å². The highest BCUT2D eigenvalue weighted by atomic mass is 16.5. The molecule has 0 bridgehead atoms. The number of methoxy groups -OCH3 is 1. The van der Waals surface area contributed by atoms with E-state index >= 15 is 0 Å². The minimum atomic E-state index is 0.555. The first-order valence-electron chi connectivity index (χ1n) is 6.73. The van der Waals surface area contributed by atoms with Crippen LogP contribution < -0.4 is 10.1 Å². The second kappa shape index (κ2) is 6.24. The molecular weight excluding hydrogens is 222 g/mol. The van der Waals surface area contributed by atoms with Crippen molar-refractivity contribution in [3.8, 4) is 5.75 Å². The summed E-state index contributed by atoms with van der Waals surface area (Å²) >= 11 is 0. The Kier molecular flexibility index (Phi) is 5.21. The molecule has 102 valence electrons. The van der Waals surface area contributed by atoms with Gasteiger partial charge in [0.25, 0.3) is 0 Å². The molecule has 0 saturated heterocycles. The Balaban J connectivity index is 3.34. The molecule has 1 aromatic rings. The molecule has 2 heteroatoms. The fourth-order valence-electron chi connectivity index (χ4n) is 2.74. The molecule has 0 aliphatic heterocycles. The van der Waals surface area contributed by atoms with Gasteiger partial charge < -0.3 is 10.1 Å². The zero-order valence-electron chi connectivity index (χ0n) is 12.8. The zero-order chi connectivity index (χ0) is 13.9. The van der Waals surface area contributed by atoms with Crippen molar-refractivity contribution >= 4 is 0 Å². The molecule has 0 aromatic heterocycles. The fraction of sp³-hybridized carbons (Fsp3) is 0.625. The van der Waals surface area contributed by atoms with E-state index in [0.717, 1.165) is 12.3 Å². The standard InChI is InChI=1S/C16H27NO/c1-10(2)14(9-17-6)16-11(3)8-15(18-7)12(4)13(16)5/h8,10,14,17H,9H2,1-7H3. The average molecular weight is 249 g/mol. The topological polar surface area (TPSA) is 21.3 Å². The van der Waals surface area contributed by atoms with E-state index in [1.807, 2.05) is 7.05 Å². The van der Waals surface area contributed by atoms with Gasteiger partial charge in [-0.1, -0.05) is 13.8 Å². The monoisotopic (exact) mass is 249 g/mol. The summed E-state index contributed by atoms with van der Waals surface area (Å²) in [7, 11) is 3.77. The van der Waals surface area contributed by atoms with Gasteiger partial charge in [0.1, 0.15) is 5.75 Å². The number of likely N-dealkylation sites (N-methyl/N-ethyl adjacent to an activating group) is 1. The van der Waals surface area contributed by atoms with Crippen molar-refractivity contribution in [2.75, 3.05) is 20.7 Å². The highest BCUT2D eigenvalue weighted by Gasteiger charge is 2.21. The maximum atomic E-state index is 5.45. The summed E-state index contributed by atoms with van der Waals surface area (Å²) in [6.07, 6.45) is 0. The van der Waals surface area contributed by atoms with Crippen LogP contribution in [0.25, 0.3) is 0 Å². The number of aryl methyl sites for hydroxylation is 1. The van der Waals surface area contributed by atoms with Crippen LogP contribution in [-0.4, -0.2) is 20.7 Å². The van der Waals surface area contributed by atoms with Crippen LogP contribution in [0.3, 0.4) is 0 Å². The summed E-state index contributed by atoms with van der Waals surface area (Å²) in [6.45, 7) is 12.2. The first-order valence-corrected chi connectivity index (χ1v) is 6.73. The molecule has 0 amide bonds. The van der Waals surface area contributed by atoms with Crippen molar-refractivity contribution in [2.45, 2.75) is 40.5 Å². The number of hydrogen-bond acceptors (Lipinski definition) is 2. The van der Waals surface area contributed by atoms with Crippen LogP contribution in [0.2, 0.25) is 0 Å². The van der Waals surface area contributed by atoms with E-state index < -0.39 is 0 Å². The van der Waals surface area contributed by atoms with Crippen LogP contribution >= 0.6 is 0 Å². The normalized spacial score (nSPS) is 12.9. The highest BCUT2D eigenvalue weighted by molar-refractivity contribution is 5.49. The Morgan fingerprint density at radius 3 is 2.22 bits per heavy atom. The maximum absolute atomic E-state index is 5.45. The Bertz CT molecular complexity index is 410. The third-order valence-corrected chi connectivity index (χ3v) is 3.93. The molecule has 0 aliphatic rings. The Morgan fingerprint density at radius 2 is 1.78 bits per heavy atom. The third-order valence-electron chi connectivity index (χ3n) is 3.93. The second-order valence-corrected chi connectivity index (χ2v) is 5.47. The minimum Gasteiger partial charge on any atom is -0.496 e. The van der Waals surface area contributed by atoms with Gasteiger partial charge in [-0.2, -0.15) is 0 Å². The average Bonchev–Trinajstić information content (AvgIpc) is 2.32. The van der Waals surface area contributed by atoms with Crippen molar-refractivity contribution in [2.24, 2.45) is 5.92 Å². The predicted molar refractivity (Wildman–Crippen MR) is 78.7 cm³/mol. The molecule has 0 fully saturated rings. The van der Waals surface area contributed by atoms with Gasteiger partial charge in [-0.3, -0.25) is 0 Å². The van der Waals surface area contributed by atoms with Crippen LogP contribution in [0.4, 0.5) is 0 Å². The molecule has 1 rings (SSSR count). The molecule has 0 saturated carbocycles. The first kappa shape index (κ1) is 15.0. The van der Waals surface area contributed by atoms with Crippen molar-refractivity contribution in [3.63, 3.8) is 0 Å². The van der Waals surface area contributed by atoms with E-state index in [4.69, 9.17) is 4.74 Å². The molecule has 2 nitrogen and oxygen atoms in total. The lowest BCUT2D eigenvalue weighted by molar-refractivity contribution is 0.409. The molecule has 0 aliphatic carbocycles. The summed E-state index contributed by atoms with van der Waals surface area (Å²) < 4.78 is 5.45. The predicted octanol–water partition coefficient (Wildman–Crippen LogP) is 3.58. The van der Waals surface area contributed by atoms with Gasteiger partial charge in [0.05, 0.1) is 7.11 Å². The van der Waals surface area contributed by atoms with Gasteiger partial charge in [-0.25, -0.2) is 0 Å². The van der Waals surface area contributed by atoms with Crippen molar-refractivity contribution in [3.05, 3.63) is 28.3 Å². The Labute approximate surface area is 112 Å². The quantitative estimate of drug-likeness (QED) is 0.861. The van der Waals surface area contributed by atoms with Gasteiger partial charge in [0, 0.05) is 6.54 Å². The lowest BCUT2D eigenvalue weighted by Gasteiger charge is -2.26. The van der Waals surface area contributed by atoms with Crippen molar-refractivity contribution in [1.82, 2.24) is 5.32 Å². The molecule has 1 N–H and O–H groups in total. The van der Waals surface area contributed by atoms with E-state index in [0.29, 0.717) is 11.8 Å². The smallest absolute Gasteiger partial charge is 0.122 e. The second-order valence-electron chi connectivity index (χ2n) is 5.47. The lowest BCUT2D eigenvalue weighted by Crippen LogP contribution is -2.23. The number of benzene rings is 1. The third kappa shape index (κ3) is 2.86. The Hall–Kier alpha value is -1.02. The van der Waals surface area contributed by atoms with Gasteiger partial charge in [0.2, 0.25) is 0 Å². The van der Waals surface area contributed by atoms with Crippen LogP contribution in [0.15, 0.2) is 6.07 Å². The SMILES string of the molecule is CNCC(c1c(C)cc(OC)c(C)c1C)C(C)C. The highest BCUT2D eigenvalue weighted by Crippen LogP contribution is 2.35. The molecule has 0 heterocycles.